The molecule has 0 aliphatic carbocycles. The van der Waals surface area contributed by atoms with Crippen LogP contribution in [0.2, 0.25) is 0 Å². The highest BCUT2D eigenvalue weighted by atomic mass is 32.2. The smallest absolute Gasteiger partial charge is 0.285 e. The molecule has 1 aromatic carbocycles. The lowest BCUT2D eigenvalue weighted by atomic mass is 10.1. The minimum absolute atomic E-state index is 0.321. The first kappa shape index (κ1) is 12.6. The molecule has 0 saturated carbocycles. The van der Waals surface area contributed by atoms with Crippen LogP contribution in [0.5, 0.6) is 0 Å². The number of hydrogen-bond acceptors (Lipinski definition) is 4. The molecule has 2 aliphatic heterocycles. The summed E-state index contributed by atoms with van der Waals surface area (Å²) in [5, 5.41) is 3.32. The first-order chi connectivity index (χ1) is 9.08. The highest BCUT2D eigenvalue weighted by Crippen LogP contribution is 2.27. The number of amidine groups is 1. The largest absolute Gasteiger partial charge is 0.358 e. The molecule has 0 bridgehead atoms. The summed E-state index contributed by atoms with van der Waals surface area (Å²) in [5.74, 6) is 1.13. The Labute approximate surface area is 113 Å². The summed E-state index contributed by atoms with van der Waals surface area (Å²) in [6, 6.07) is 7.02. The normalized spacial score (nSPS) is 24.1. The average molecular weight is 279 g/mol. The van der Waals surface area contributed by atoms with Gasteiger partial charge in [-0.3, -0.25) is 0 Å². The monoisotopic (exact) mass is 279 g/mol. The van der Waals surface area contributed by atoms with E-state index in [1.54, 1.807) is 12.1 Å². The van der Waals surface area contributed by atoms with E-state index in [1.807, 2.05) is 24.1 Å². The summed E-state index contributed by atoms with van der Waals surface area (Å²) in [6.07, 6.45) is 1.13. The van der Waals surface area contributed by atoms with E-state index in [9.17, 15) is 8.42 Å². The van der Waals surface area contributed by atoms with Crippen LogP contribution in [0.15, 0.2) is 33.6 Å². The number of sulfonamides is 1. The summed E-state index contributed by atoms with van der Waals surface area (Å²) in [4.78, 5) is 2.28. The molecule has 1 saturated heterocycles. The summed E-state index contributed by atoms with van der Waals surface area (Å²) in [5.41, 5.74) is 0.718. The molecule has 0 aromatic heterocycles. The topological polar surface area (TPSA) is 61.8 Å². The third-order valence-corrected chi connectivity index (χ3v) is 4.99. The van der Waals surface area contributed by atoms with Gasteiger partial charge >= 0.3 is 0 Å². The maximum Gasteiger partial charge on any atom is 0.285 e. The van der Waals surface area contributed by atoms with Crippen molar-refractivity contribution in [1.29, 1.82) is 0 Å². The molecule has 0 radical (unpaired) electrons. The third-order valence-electron chi connectivity index (χ3n) is 3.67. The maximum atomic E-state index is 12.0. The molecule has 1 aromatic rings. The molecule has 6 heteroatoms. The fourth-order valence-electron chi connectivity index (χ4n) is 2.71. The number of nitrogens with zero attached hydrogens (tertiary/aromatic N) is 2. The van der Waals surface area contributed by atoms with E-state index in [2.05, 4.69) is 9.71 Å². The SMILES string of the molecule is CN(CC1CCNC1)C1=NS(=O)(=O)c2ccccc21. The lowest BCUT2D eigenvalue weighted by molar-refractivity contribution is 0.404. The van der Waals surface area contributed by atoms with Crippen molar-refractivity contribution in [3.8, 4) is 0 Å². The Balaban J connectivity index is 1.89. The van der Waals surface area contributed by atoms with Crippen molar-refractivity contribution in [3.63, 3.8) is 0 Å². The first-order valence-electron chi connectivity index (χ1n) is 6.44. The Morgan fingerprint density at radius 1 is 1.42 bits per heavy atom. The van der Waals surface area contributed by atoms with Gasteiger partial charge in [0.2, 0.25) is 0 Å². The average Bonchev–Trinajstić information content (AvgIpc) is 2.97. The maximum absolute atomic E-state index is 12.0. The van der Waals surface area contributed by atoms with Gasteiger partial charge in [-0.15, -0.1) is 4.40 Å². The van der Waals surface area contributed by atoms with E-state index in [0.29, 0.717) is 16.6 Å². The summed E-state index contributed by atoms with van der Waals surface area (Å²) in [6.45, 7) is 2.86. The van der Waals surface area contributed by atoms with Gasteiger partial charge in [-0.25, -0.2) is 0 Å². The van der Waals surface area contributed by atoms with Gasteiger partial charge in [0.25, 0.3) is 10.0 Å². The molecule has 19 heavy (non-hydrogen) atoms. The zero-order chi connectivity index (χ0) is 13.5. The molecule has 0 amide bonds. The predicted molar refractivity (Wildman–Crippen MR) is 73.8 cm³/mol. The highest BCUT2D eigenvalue weighted by Gasteiger charge is 2.31. The van der Waals surface area contributed by atoms with Crippen LogP contribution in [0, 0.1) is 5.92 Å². The van der Waals surface area contributed by atoms with Crippen LogP contribution in [0.1, 0.15) is 12.0 Å². The fraction of sp³-hybridized carbons (Fsp3) is 0.462. The van der Waals surface area contributed by atoms with Crippen LogP contribution in [0.25, 0.3) is 0 Å². The van der Waals surface area contributed by atoms with E-state index in [-0.39, 0.29) is 0 Å². The molecule has 5 nitrogen and oxygen atoms in total. The van der Waals surface area contributed by atoms with E-state index in [1.165, 1.54) is 0 Å². The van der Waals surface area contributed by atoms with Gasteiger partial charge in [0, 0.05) is 19.2 Å². The van der Waals surface area contributed by atoms with Crippen LogP contribution < -0.4 is 5.32 Å². The standard InChI is InChI=1S/C13H17N3O2S/c1-16(9-10-6-7-14-8-10)13-11-4-2-3-5-12(11)19(17,18)15-13/h2-5,10,14H,6-9H2,1H3. The summed E-state index contributed by atoms with van der Waals surface area (Å²) < 4.78 is 27.9. The van der Waals surface area contributed by atoms with E-state index >= 15 is 0 Å². The Morgan fingerprint density at radius 3 is 2.95 bits per heavy atom. The molecule has 1 unspecified atom stereocenters. The quantitative estimate of drug-likeness (QED) is 0.864. The first-order valence-corrected chi connectivity index (χ1v) is 7.88. The van der Waals surface area contributed by atoms with Crippen molar-refractivity contribution in [2.24, 2.45) is 10.3 Å². The van der Waals surface area contributed by atoms with Crippen molar-refractivity contribution in [2.75, 3.05) is 26.7 Å². The van der Waals surface area contributed by atoms with Crippen molar-refractivity contribution >= 4 is 15.9 Å². The van der Waals surface area contributed by atoms with Crippen molar-refractivity contribution < 1.29 is 8.42 Å². The number of nitrogens with one attached hydrogen (secondary N) is 1. The Hall–Kier alpha value is -1.40. The van der Waals surface area contributed by atoms with Gasteiger partial charge in [0.15, 0.2) is 5.84 Å². The molecule has 2 aliphatic rings. The number of benzene rings is 1. The molecule has 3 rings (SSSR count). The van der Waals surface area contributed by atoms with Crippen molar-refractivity contribution in [1.82, 2.24) is 10.2 Å². The second-order valence-electron chi connectivity index (χ2n) is 5.13. The summed E-state index contributed by atoms with van der Waals surface area (Å²) >= 11 is 0. The second-order valence-corrected chi connectivity index (χ2v) is 6.70. The molecule has 1 fully saturated rings. The molecule has 1 N–H and O–H groups in total. The second kappa shape index (κ2) is 4.61. The summed E-state index contributed by atoms with van der Waals surface area (Å²) in [7, 11) is -1.59. The van der Waals surface area contributed by atoms with Crippen LogP contribution in [-0.4, -0.2) is 45.8 Å². The van der Waals surface area contributed by atoms with Gasteiger partial charge in [0.05, 0.1) is 0 Å². The van der Waals surface area contributed by atoms with E-state index < -0.39 is 10.0 Å². The number of fused-ring (bicyclic) bond motifs is 1. The van der Waals surface area contributed by atoms with Crippen LogP contribution in [-0.2, 0) is 10.0 Å². The lowest BCUT2D eigenvalue weighted by Gasteiger charge is -2.22. The molecule has 0 spiro atoms. The van der Waals surface area contributed by atoms with Crippen molar-refractivity contribution in [2.45, 2.75) is 11.3 Å². The van der Waals surface area contributed by atoms with Crippen molar-refractivity contribution in [3.05, 3.63) is 29.8 Å². The zero-order valence-electron chi connectivity index (χ0n) is 10.8. The third kappa shape index (κ3) is 2.26. The fourth-order valence-corrected chi connectivity index (χ4v) is 3.96. The lowest BCUT2D eigenvalue weighted by Crippen LogP contribution is -2.32. The van der Waals surface area contributed by atoms with Crippen LogP contribution in [0.4, 0.5) is 0 Å². The minimum Gasteiger partial charge on any atom is -0.358 e. The van der Waals surface area contributed by atoms with E-state index in [4.69, 9.17) is 0 Å². The Morgan fingerprint density at radius 2 is 2.21 bits per heavy atom. The molecular formula is C13H17N3O2S. The molecule has 2 heterocycles. The Bertz CT molecular complexity index is 619. The van der Waals surface area contributed by atoms with Gasteiger partial charge in [-0.05, 0) is 37.6 Å². The number of rotatable bonds is 2. The molecule has 1 atom stereocenters. The Kier molecular flexibility index (Phi) is 3.06. The highest BCUT2D eigenvalue weighted by molar-refractivity contribution is 7.90. The van der Waals surface area contributed by atoms with Gasteiger partial charge in [-0.1, -0.05) is 12.1 Å². The van der Waals surface area contributed by atoms with Gasteiger partial charge in [0.1, 0.15) is 4.90 Å². The van der Waals surface area contributed by atoms with Gasteiger partial charge in [-0.2, -0.15) is 8.42 Å². The van der Waals surface area contributed by atoms with Gasteiger partial charge < -0.3 is 10.2 Å². The van der Waals surface area contributed by atoms with E-state index in [0.717, 1.165) is 31.6 Å². The predicted octanol–water partition coefficient (Wildman–Crippen LogP) is 0.677. The van der Waals surface area contributed by atoms with Crippen LogP contribution in [0.3, 0.4) is 0 Å². The zero-order valence-corrected chi connectivity index (χ0v) is 11.7. The van der Waals surface area contributed by atoms with Crippen LogP contribution >= 0.6 is 0 Å². The molecule has 102 valence electrons. The minimum atomic E-state index is -3.50. The number of hydrogen-bond donors (Lipinski definition) is 1. The molecular weight excluding hydrogens is 262 g/mol.